The first-order chi connectivity index (χ1) is 8.86. The van der Waals surface area contributed by atoms with Gasteiger partial charge in [-0.05, 0) is 42.4 Å². The van der Waals surface area contributed by atoms with Crippen LogP contribution < -0.4 is 0 Å². The average molecular weight is 262 g/mol. The van der Waals surface area contributed by atoms with E-state index in [-0.39, 0.29) is 17.1 Å². The van der Waals surface area contributed by atoms with Gasteiger partial charge in [-0.2, -0.15) is 0 Å². The Balaban J connectivity index is 2.70. The van der Waals surface area contributed by atoms with Crippen LogP contribution in [-0.4, -0.2) is 16.2 Å². The molecule has 0 amide bonds. The van der Waals surface area contributed by atoms with Crippen molar-refractivity contribution >= 4 is 5.97 Å². The molecule has 0 aliphatic carbocycles. The number of hydrogen-bond donors (Lipinski definition) is 2. The minimum Gasteiger partial charge on any atom is -0.508 e. The quantitative estimate of drug-likeness (QED) is 0.736. The summed E-state index contributed by atoms with van der Waals surface area (Å²) >= 11 is 0. The Hall–Kier alpha value is -1.77. The summed E-state index contributed by atoms with van der Waals surface area (Å²) in [5.41, 5.74) is 0.996. The third kappa shape index (κ3) is 4.43. The average Bonchev–Trinajstić information content (AvgIpc) is 2.34. The van der Waals surface area contributed by atoms with E-state index in [1.54, 1.807) is 18.2 Å². The van der Waals surface area contributed by atoms with Gasteiger partial charge in [0.25, 0.3) is 0 Å². The second-order valence-electron chi connectivity index (χ2n) is 5.53. The van der Waals surface area contributed by atoms with Crippen LogP contribution in [0, 0.1) is 5.92 Å². The number of aromatic hydroxyl groups is 1. The van der Waals surface area contributed by atoms with Crippen LogP contribution in [0.4, 0.5) is 0 Å². The van der Waals surface area contributed by atoms with Gasteiger partial charge in [0.05, 0.1) is 5.92 Å². The van der Waals surface area contributed by atoms with E-state index in [1.165, 1.54) is 0 Å². The number of phenolic OH excluding ortho intramolecular Hbond substituents is 1. The fourth-order valence-electron chi connectivity index (χ4n) is 2.14. The van der Waals surface area contributed by atoms with E-state index in [0.29, 0.717) is 12.8 Å². The number of rotatable bonds is 7. The number of phenols is 1. The maximum atomic E-state index is 11.1. The second-order valence-corrected chi connectivity index (χ2v) is 5.53. The van der Waals surface area contributed by atoms with Crippen molar-refractivity contribution in [2.75, 3.05) is 0 Å². The SMILES string of the molecule is C=CCC(CCC(C)(C)c1ccc(O)cc1)C(=O)O. The first kappa shape index (κ1) is 15.3. The van der Waals surface area contributed by atoms with E-state index in [1.807, 2.05) is 12.1 Å². The smallest absolute Gasteiger partial charge is 0.306 e. The van der Waals surface area contributed by atoms with Gasteiger partial charge in [-0.3, -0.25) is 4.79 Å². The molecule has 0 fully saturated rings. The predicted molar refractivity (Wildman–Crippen MR) is 76.3 cm³/mol. The molecule has 0 saturated heterocycles. The topological polar surface area (TPSA) is 57.5 Å². The number of aliphatic carboxylic acids is 1. The molecular weight excluding hydrogens is 240 g/mol. The van der Waals surface area contributed by atoms with E-state index in [9.17, 15) is 9.90 Å². The van der Waals surface area contributed by atoms with Crippen LogP contribution in [0.25, 0.3) is 0 Å². The molecule has 1 aromatic carbocycles. The van der Waals surface area contributed by atoms with Crippen LogP contribution in [0.3, 0.4) is 0 Å². The van der Waals surface area contributed by atoms with Gasteiger partial charge in [0.1, 0.15) is 5.75 Å². The molecule has 1 aromatic rings. The Kier molecular flexibility index (Phi) is 5.16. The van der Waals surface area contributed by atoms with Crippen molar-refractivity contribution in [3.8, 4) is 5.75 Å². The van der Waals surface area contributed by atoms with Crippen molar-refractivity contribution in [3.63, 3.8) is 0 Å². The Morgan fingerprint density at radius 2 is 1.95 bits per heavy atom. The molecule has 0 aliphatic rings. The van der Waals surface area contributed by atoms with Crippen molar-refractivity contribution in [2.24, 2.45) is 5.92 Å². The third-order valence-corrected chi connectivity index (χ3v) is 3.57. The molecule has 1 unspecified atom stereocenters. The van der Waals surface area contributed by atoms with Gasteiger partial charge >= 0.3 is 5.97 Å². The summed E-state index contributed by atoms with van der Waals surface area (Å²) < 4.78 is 0. The van der Waals surface area contributed by atoms with Crippen molar-refractivity contribution in [2.45, 2.75) is 38.5 Å². The monoisotopic (exact) mass is 262 g/mol. The van der Waals surface area contributed by atoms with E-state index in [4.69, 9.17) is 5.11 Å². The zero-order valence-corrected chi connectivity index (χ0v) is 11.6. The molecule has 3 heteroatoms. The Bertz CT molecular complexity index is 432. The zero-order chi connectivity index (χ0) is 14.5. The van der Waals surface area contributed by atoms with Crippen LogP contribution in [-0.2, 0) is 10.2 Å². The highest BCUT2D eigenvalue weighted by atomic mass is 16.4. The molecule has 1 atom stereocenters. The van der Waals surface area contributed by atoms with Gasteiger partial charge in [0.2, 0.25) is 0 Å². The highest BCUT2D eigenvalue weighted by Gasteiger charge is 2.24. The Morgan fingerprint density at radius 1 is 1.37 bits per heavy atom. The standard InChI is InChI=1S/C16H22O3/c1-4-5-12(15(18)19)10-11-16(2,3)13-6-8-14(17)9-7-13/h4,6-9,12,17H,1,5,10-11H2,2-3H3,(H,18,19). The van der Waals surface area contributed by atoms with Gasteiger partial charge in [0.15, 0.2) is 0 Å². The molecule has 0 bridgehead atoms. The minimum absolute atomic E-state index is 0.109. The zero-order valence-electron chi connectivity index (χ0n) is 11.6. The molecule has 2 N–H and O–H groups in total. The number of allylic oxidation sites excluding steroid dienone is 1. The largest absolute Gasteiger partial charge is 0.508 e. The van der Waals surface area contributed by atoms with Crippen molar-refractivity contribution in [1.82, 2.24) is 0 Å². The van der Waals surface area contributed by atoms with Gasteiger partial charge in [-0.1, -0.05) is 32.1 Å². The molecule has 3 nitrogen and oxygen atoms in total. The molecule has 104 valence electrons. The number of hydrogen-bond acceptors (Lipinski definition) is 2. The summed E-state index contributed by atoms with van der Waals surface area (Å²) in [6.07, 6.45) is 3.56. The lowest BCUT2D eigenvalue weighted by molar-refractivity contribution is -0.141. The molecule has 0 aliphatic heterocycles. The molecule has 0 radical (unpaired) electrons. The van der Waals surface area contributed by atoms with Crippen LogP contribution >= 0.6 is 0 Å². The molecular formula is C16H22O3. The van der Waals surface area contributed by atoms with Crippen LogP contribution in [0.5, 0.6) is 5.75 Å². The normalized spacial score (nSPS) is 12.9. The highest BCUT2D eigenvalue weighted by Crippen LogP contribution is 2.31. The summed E-state index contributed by atoms with van der Waals surface area (Å²) in [5, 5.41) is 18.4. The van der Waals surface area contributed by atoms with Crippen LogP contribution in [0.15, 0.2) is 36.9 Å². The molecule has 0 aromatic heterocycles. The number of benzene rings is 1. The fraction of sp³-hybridized carbons (Fsp3) is 0.438. The number of carboxylic acid groups (broad SMARTS) is 1. The maximum Gasteiger partial charge on any atom is 0.306 e. The van der Waals surface area contributed by atoms with E-state index < -0.39 is 5.97 Å². The van der Waals surface area contributed by atoms with Gasteiger partial charge in [0, 0.05) is 0 Å². The number of carbonyl (C=O) groups is 1. The van der Waals surface area contributed by atoms with E-state index in [2.05, 4.69) is 20.4 Å². The summed E-state index contributed by atoms with van der Waals surface area (Å²) in [5.74, 6) is -0.884. The minimum atomic E-state index is -0.763. The molecule has 19 heavy (non-hydrogen) atoms. The first-order valence-corrected chi connectivity index (χ1v) is 6.50. The lowest BCUT2D eigenvalue weighted by Gasteiger charge is -2.26. The summed E-state index contributed by atoms with van der Waals surface area (Å²) in [6, 6.07) is 7.10. The molecule has 0 spiro atoms. The van der Waals surface area contributed by atoms with Crippen molar-refractivity contribution in [3.05, 3.63) is 42.5 Å². The van der Waals surface area contributed by atoms with Gasteiger partial charge < -0.3 is 10.2 Å². The Labute approximate surface area is 114 Å². The predicted octanol–water partition coefficient (Wildman–Crippen LogP) is 3.73. The van der Waals surface area contributed by atoms with E-state index in [0.717, 1.165) is 12.0 Å². The van der Waals surface area contributed by atoms with Crippen LogP contribution in [0.1, 0.15) is 38.7 Å². The second kappa shape index (κ2) is 6.41. The fourth-order valence-corrected chi connectivity index (χ4v) is 2.14. The number of carboxylic acids is 1. The van der Waals surface area contributed by atoms with Crippen molar-refractivity contribution in [1.29, 1.82) is 0 Å². The lowest BCUT2D eigenvalue weighted by Crippen LogP contribution is -2.21. The van der Waals surface area contributed by atoms with Gasteiger partial charge in [-0.25, -0.2) is 0 Å². The first-order valence-electron chi connectivity index (χ1n) is 6.50. The van der Waals surface area contributed by atoms with E-state index >= 15 is 0 Å². The Morgan fingerprint density at radius 3 is 2.42 bits per heavy atom. The van der Waals surface area contributed by atoms with Crippen LogP contribution in [0.2, 0.25) is 0 Å². The summed E-state index contributed by atoms with van der Waals surface area (Å²) in [7, 11) is 0. The molecule has 1 rings (SSSR count). The highest BCUT2D eigenvalue weighted by molar-refractivity contribution is 5.70. The lowest BCUT2D eigenvalue weighted by atomic mass is 9.78. The third-order valence-electron chi connectivity index (χ3n) is 3.57. The summed E-state index contributed by atoms with van der Waals surface area (Å²) in [4.78, 5) is 11.1. The van der Waals surface area contributed by atoms with Gasteiger partial charge in [-0.15, -0.1) is 6.58 Å². The summed E-state index contributed by atoms with van der Waals surface area (Å²) in [6.45, 7) is 7.78. The van der Waals surface area contributed by atoms with Crippen molar-refractivity contribution < 1.29 is 15.0 Å². The molecule has 0 saturated carbocycles. The molecule has 0 heterocycles. The maximum absolute atomic E-state index is 11.1.